The van der Waals surface area contributed by atoms with E-state index in [2.05, 4.69) is 6.07 Å². The van der Waals surface area contributed by atoms with Gasteiger partial charge in [0.05, 0.1) is 12.0 Å². The number of nitrogens with zero attached hydrogens (tertiary/aromatic N) is 1. The van der Waals surface area contributed by atoms with Crippen LogP contribution in [0.15, 0.2) is 18.2 Å². The summed E-state index contributed by atoms with van der Waals surface area (Å²) in [5, 5.41) is 8.85. The lowest BCUT2D eigenvalue weighted by Gasteiger charge is -2.13. The van der Waals surface area contributed by atoms with Crippen LogP contribution in [0, 0.1) is 34.8 Å². The highest BCUT2D eigenvalue weighted by molar-refractivity contribution is 5.20. The third-order valence-electron chi connectivity index (χ3n) is 2.42. The number of benzene rings is 1. The van der Waals surface area contributed by atoms with Gasteiger partial charge in [0.1, 0.15) is 11.6 Å². The fraction of sp³-hybridized carbons (Fsp3) is 0.417. The average Bonchev–Trinajstić information content (AvgIpc) is 2.18. The molecule has 1 rings (SSSR count). The van der Waals surface area contributed by atoms with E-state index >= 15 is 0 Å². The minimum Gasteiger partial charge on any atom is -0.207 e. The van der Waals surface area contributed by atoms with Crippen LogP contribution in [0.1, 0.15) is 19.4 Å². The van der Waals surface area contributed by atoms with E-state index in [0.29, 0.717) is 0 Å². The smallest absolute Gasteiger partial charge is 0.126 e. The Labute approximate surface area is 88.3 Å². The average molecular weight is 209 g/mol. The second-order valence-corrected chi connectivity index (χ2v) is 3.92. The summed E-state index contributed by atoms with van der Waals surface area (Å²) >= 11 is 0. The predicted octanol–water partition coefficient (Wildman–Crippen LogP) is 3.30. The normalized spacial score (nSPS) is 12.5. The van der Waals surface area contributed by atoms with Gasteiger partial charge in [0, 0.05) is 0 Å². The lowest BCUT2D eigenvalue weighted by molar-refractivity contribution is 0.461. The van der Waals surface area contributed by atoms with Gasteiger partial charge in [-0.1, -0.05) is 13.8 Å². The summed E-state index contributed by atoms with van der Waals surface area (Å²) in [6.45, 7) is 3.79. The maximum absolute atomic E-state index is 13.3. The van der Waals surface area contributed by atoms with Crippen LogP contribution in [0.5, 0.6) is 0 Å². The Hall–Kier alpha value is -1.43. The third-order valence-corrected chi connectivity index (χ3v) is 2.42. The number of hydrogen-bond donors (Lipinski definition) is 0. The molecule has 0 bridgehead atoms. The number of nitriles is 1. The Balaban J connectivity index is 2.89. The topological polar surface area (TPSA) is 23.8 Å². The highest BCUT2D eigenvalue weighted by Crippen LogP contribution is 2.19. The number of rotatable bonds is 3. The molecule has 1 atom stereocenters. The van der Waals surface area contributed by atoms with Crippen molar-refractivity contribution in [2.75, 3.05) is 0 Å². The monoisotopic (exact) mass is 209 g/mol. The van der Waals surface area contributed by atoms with E-state index in [1.165, 1.54) is 0 Å². The van der Waals surface area contributed by atoms with Crippen molar-refractivity contribution in [1.29, 1.82) is 5.26 Å². The molecule has 1 nitrogen and oxygen atoms in total. The quantitative estimate of drug-likeness (QED) is 0.749. The van der Waals surface area contributed by atoms with Crippen molar-refractivity contribution in [2.45, 2.75) is 20.3 Å². The van der Waals surface area contributed by atoms with E-state index in [9.17, 15) is 8.78 Å². The van der Waals surface area contributed by atoms with E-state index in [1.54, 1.807) is 0 Å². The summed E-state index contributed by atoms with van der Waals surface area (Å²) < 4.78 is 26.1. The third kappa shape index (κ3) is 3.02. The van der Waals surface area contributed by atoms with Crippen LogP contribution in [0.25, 0.3) is 0 Å². The van der Waals surface area contributed by atoms with Gasteiger partial charge in [-0.15, -0.1) is 0 Å². The Kier molecular flexibility index (Phi) is 3.79. The molecule has 0 saturated heterocycles. The van der Waals surface area contributed by atoms with Crippen LogP contribution < -0.4 is 0 Å². The summed E-state index contributed by atoms with van der Waals surface area (Å²) in [5.41, 5.74) is 0.273. The molecule has 1 unspecified atom stereocenters. The van der Waals surface area contributed by atoms with E-state index in [1.807, 2.05) is 13.8 Å². The zero-order valence-corrected chi connectivity index (χ0v) is 8.80. The molecule has 0 spiro atoms. The lowest BCUT2D eigenvalue weighted by Crippen LogP contribution is -2.10. The van der Waals surface area contributed by atoms with Crippen molar-refractivity contribution in [3.05, 3.63) is 35.4 Å². The van der Waals surface area contributed by atoms with Gasteiger partial charge in [-0.25, -0.2) is 8.78 Å². The summed E-state index contributed by atoms with van der Waals surface area (Å²) in [6, 6.07) is 5.44. The fourth-order valence-corrected chi connectivity index (χ4v) is 1.37. The van der Waals surface area contributed by atoms with Gasteiger partial charge in [-0.3, -0.25) is 0 Å². The second-order valence-electron chi connectivity index (χ2n) is 3.92. The molecule has 0 aliphatic heterocycles. The molecule has 1 aromatic carbocycles. The van der Waals surface area contributed by atoms with Gasteiger partial charge in [-0.05, 0) is 36.1 Å². The van der Waals surface area contributed by atoms with Gasteiger partial charge < -0.3 is 0 Å². The van der Waals surface area contributed by atoms with E-state index < -0.39 is 11.6 Å². The first-order chi connectivity index (χ1) is 7.04. The van der Waals surface area contributed by atoms with Crippen molar-refractivity contribution in [3.8, 4) is 6.07 Å². The van der Waals surface area contributed by atoms with Crippen LogP contribution >= 0.6 is 0 Å². The minimum absolute atomic E-state index is 0.137. The van der Waals surface area contributed by atoms with Crippen LogP contribution in [-0.4, -0.2) is 0 Å². The molecule has 15 heavy (non-hydrogen) atoms. The van der Waals surface area contributed by atoms with E-state index in [4.69, 9.17) is 5.26 Å². The first-order valence-corrected chi connectivity index (χ1v) is 4.88. The van der Waals surface area contributed by atoms with E-state index in [-0.39, 0.29) is 23.8 Å². The van der Waals surface area contributed by atoms with Crippen LogP contribution in [0.3, 0.4) is 0 Å². The maximum atomic E-state index is 13.3. The van der Waals surface area contributed by atoms with Crippen molar-refractivity contribution < 1.29 is 8.78 Å². The molecule has 0 aliphatic rings. The van der Waals surface area contributed by atoms with Crippen LogP contribution in [0.4, 0.5) is 8.78 Å². The lowest BCUT2D eigenvalue weighted by atomic mass is 9.90. The first kappa shape index (κ1) is 11.6. The number of hydrogen-bond acceptors (Lipinski definition) is 1. The maximum Gasteiger partial charge on any atom is 0.126 e. The molecule has 3 heteroatoms. The predicted molar refractivity (Wildman–Crippen MR) is 54.0 cm³/mol. The molecule has 80 valence electrons. The number of halogens is 2. The molecule has 0 radical (unpaired) electrons. The fourth-order valence-electron chi connectivity index (χ4n) is 1.37. The summed E-state index contributed by atoms with van der Waals surface area (Å²) in [6.07, 6.45) is 0.262. The molecular weight excluding hydrogens is 196 g/mol. The summed E-state index contributed by atoms with van der Waals surface area (Å²) in [4.78, 5) is 0. The Morgan fingerprint density at radius 2 is 2.00 bits per heavy atom. The molecule has 0 saturated carbocycles. The molecule has 0 N–H and O–H groups in total. The first-order valence-electron chi connectivity index (χ1n) is 4.88. The largest absolute Gasteiger partial charge is 0.207 e. The summed E-state index contributed by atoms with van der Waals surface area (Å²) in [5.74, 6) is -1.05. The van der Waals surface area contributed by atoms with Crippen molar-refractivity contribution in [1.82, 2.24) is 0 Å². The van der Waals surface area contributed by atoms with Gasteiger partial charge in [0.2, 0.25) is 0 Å². The van der Waals surface area contributed by atoms with Gasteiger partial charge in [0.15, 0.2) is 0 Å². The Bertz CT molecular complexity index is 380. The zero-order valence-electron chi connectivity index (χ0n) is 8.80. The molecule has 0 amide bonds. The van der Waals surface area contributed by atoms with E-state index in [0.717, 1.165) is 18.2 Å². The van der Waals surface area contributed by atoms with Gasteiger partial charge in [0.25, 0.3) is 0 Å². The highest BCUT2D eigenvalue weighted by Gasteiger charge is 2.15. The molecule has 1 aromatic rings. The zero-order chi connectivity index (χ0) is 11.4. The summed E-state index contributed by atoms with van der Waals surface area (Å²) in [7, 11) is 0. The Morgan fingerprint density at radius 1 is 1.33 bits per heavy atom. The molecule has 0 aliphatic carbocycles. The molecule has 0 heterocycles. The Morgan fingerprint density at radius 3 is 2.53 bits per heavy atom. The highest BCUT2D eigenvalue weighted by atomic mass is 19.1. The van der Waals surface area contributed by atoms with Crippen LogP contribution in [0.2, 0.25) is 0 Å². The van der Waals surface area contributed by atoms with Crippen molar-refractivity contribution in [3.63, 3.8) is 0 Å². The van der Waals surface area contributed by atoms with Gasteiger partial charge >= 0.3 is 0 Å². The van der Waals surface area contributed by atoms with Crippen molar-refractivity contribution in [2.24, 2.45) is 11.8 Å². The minimum atomic E-state index is -0.466. The molecule has 0 fully saturated rings. The van der Waals surface area contributed by atoms with Crippen LogP contribution in [-0.2, 0) is 6.42 Å². The molecular formula is C12H13F2N. The standard InChI is InChI=1S/C12H13F2N/c1-8(2)10(7-15)5-9-6-11(13)3-4-12(9)14/h3-4,6,8,10H,5H2,1-2H3. The SMILES string of the molecule is CC(C)C(C#N)Cc1cc(F)ccc1F. The van der Waals surface area contributed by atoms with Gasteiger partial charge in [-0.2, -0.15) is 5.26 Å². The second kappa shape index (κ2) is 4.88. The van der Waals surface area contributed by atoms with Crippen molar-refractivity contribution >= 4 is 0 Å². The molecule has 0 aromatic heterocycles.